The summed E-state index contributed by atoms with van der Waals surface area (Å²) in [5, 5.41) is 6.98. The number of ether oxygens (including phenoxy) is 2. The molecule has 0 unspecified atom stereocenters. The molecule has 2 N–H and O–H groups in total. The molecule has 0 fully saturated rings. The van der Waals surface area contributed by atoms with Gasteiger partial charge in [-0.3, -0.25) is 9.59 Å². The van der Waals surface area contributed by atoms with Crippen LogP contribution in [0.3, 0.4) is 0 Å². The number of carbonyl (C=O) groups excluding carboxylic acids is 2. The first-order chi connectivity index (χ1) is 13.0. The molecule has 2 aromatic carbocycles. The molecule has 0 saturated carbocycles. The number of nitrogens with one attached hydrogen (secondary N) is 2. The van der Waals surface area contributed by atoms with Crippen LogP contribution >= 0.6 is 11.6 Å². The van der Waals surface area contributed by atoms with Gasteiger partial charge in [0.1, 0.15) is 11.5 Å². The fourth-order valence-electron chi connectivity index (χ4n) is 2.17. The first kappa shape index (κ1) is 20.3. The van der Waals surface area contributed by atoms with Gasteiger partial charge < -0.3 is 14.8 Å². The van der Waals surface area contributed by atoms with E-state index in [1.807, 2.05) is 0 Å². The Bertz CT molecular complexity index is 839. The van der Waals surface area contributed by atoms with Crippen molar-refractivity contribution in [1.82, 2.24) is 5.43 Å². The van der Waals surface area contributed by atoms with Crippen LogP contribution < -0.4 is 20.2 Å². The van der Waals surface area contributed by atoms with Gasteiger partial charge in [0.2, 0.25) is 11.8 Å². The molecule has 0 radical (unpaired) electrons. The highest BCUT2D eigenvalue weighted by molar-refractivity contribution is 6.33. The number of rotatable bonds is 8. The number of anilines is 1. The molecule has 142 valence electrons. The lowest BCUT2D eigenvalue weighted by Gasteiger charge is -2.07. The third-order valence-electron chi connectivity index (χ3n) is 3.56. The van der Waals surface area contributed by atoms with Gasteiger partial charge in [-0.25, -0.2) is 5.43 Å². The quantitative estimate of drug-likeness (QED) is 0.536. The van der Waals surface area contributed by atoms with E-state index < -0.39 is 0 Å². The number of benzene rings is 2. The largest absolute Gasteiger partial charge is 0.497 e. The summed E-state index contributed by atoms with van der Waals surface area (Å²) in [4.78, 5) is 23.7. The molecular weight excluding hydrogens is 370 g/mol. The van der Waals surface area contributed by atoms with Crippen LogP contribution in [0, 0.1) is 0 Å². The number of nitrogens with zero attached hydrogens (tertiary/aromatic N) is 1. The summed E-state index contributed by atoms with van der Waals surface area (Å²) >= 11 is 5.97. The molecule has 0 aliphatic heterocycles. The molecule has 27 heavy (non-hydrogen) atoms. The molecule has 0 bridgehead atoms. The highest BCUT2D eigenvalue weighted by Gasteiger charge is 2.08. The van der Waals surface area contributed by atoms with Gasteiger partial charge in [-0.15, -0.1) is 0 Å². The molecule has 0 atom stereocenters. The average Bonchev–Trinajstić information content (AvgIpc) is 2.68. The van der Waals surface area contributed by atoms with E-state index in [-0.39, 0.29) is 24.7 Å². The molecule has 0 aliphatic carbocycles. The van der Waals surface area contributed by atoms with E-state index in [2.05, 4.69) is 15.8 Å². The second kappa shape index (κ2) is 10.2. The fraction of sp³-hybridized carbons (Fsp3) is 0.211. The molecule has 0 heterocycles. The van der Waals surface area contributed by atoms with Crippen LogP contribution in [-0.4, -0.2) is 32.2 Å². The maximum atomic E-state index is 11.9. The summed E-state index contributed by atoms with van der Waals surface area (Å²) in [5.41, 5.74) is 3.53. The Kier molecular flexibility index (Phi) is 7.63. The Balaban J connectivity index is 1.83. The summed E-state index contributed by atoms with van der Waals surface area (Å²) in [6.07, 6.45) is 1.45. The van der Waals surface area contributed by atoms with Crippen LogP contribution in [0.2, 0.25) is 5.02 Å². The predicted octanol–water partition coefficient (Wildman–Crippen LogP) is 3.23. The number of methoxy groups -OCH3 is 2. The Morgan fingerprint density at radius 1 is 1.07 bits per heavy atom. The highest BCUT2D eigenvalue weighted by Crippen LogP contribution is 2.22. The van der Waals surface area contributed by atoms with Crippen molar-refractivity contribution in [1.29, 1.82) is 0 Å². The number of amides is 2. The van der Waals surface area contributed by atoms with E-state index in [1.54, 1.807) is 49.6 Å². The van der Waals surface area contributed by atoms with E-state index in [0.29, 0.717) is 27.8 Å². The molecule has 2 amide bonds. The van der Waals surface area contributed by atoms with Gasteiger partial charge in [-0.2, -0.15) is 5.10 Å². The summed E-state index contributed by atoms with van der Waals surface area (Å²) in [6.45, 7) is 0. The molecule has 7 nitrogen and oxygen atoms in total. The number of carbonyl (C=O) groups is 2. The van der Waals surface area contributed by atoms with Crippen molar-refractivity contribution >= 4 is 35.3 Å². The van der Waals surface area contributed by atoms with Crippen molar-refractivity contribution in [2.75, 3.05) is 19.5 Å². The van der Waals surface area contributed by atoms with Crippen LogP contribution in [-0.2, 0) is 9.59 Å². The van der Waals surface area contributed by atoms with Crippen LogP contribution in [0.15, 0.2) is 47.6 Å². The summed E-state index contributed by atoms with van der Waals surface area (Å²) in [6, 6.07) is 12.1. The molecule has 8 heteroatoms. The number of hydrogen-bond acceptors (Lipinski definition) is 5. The smallest absolute Gasteiger partial charge is 0.240 e. The van der Waals surface area contributed by atoms with Gasteiger partial charge in [-0.1, -0.05) is 23.7 Å². The monoisotopic (exact) mass is 389 g/mol. The van der Waals surface area contributed by atoms with E-state index in [9.17, 15) is 9.59 Å². The Morgan fingerprint density at radius 2 is 1.81 bits per heavy atom. The zero-order valence-corrected chi connectivity index (χ0v) is 15.7. The maximum Gasteiger partial charge on any atom is 0.240 e. The highest BCUT2D eigenvalue weighted by atomic mass is 35.5. The van der Waals surface area contributed by atoms with Crippen LogP contribution in [0.25, 0.3) is 0 Å². The van der Waals surface area contributed by atoms with E-state index in [4.69, 9.17) is 21.1 Å². The first-order valence-electron chi connectivity index (χ1n) is 8.11. The second-order valence-corrected chi connectivity index (χ2v) is 5.84. The number of hydrogen-bond donors (Lipinski definition) is 2. The van der Waals surface area contributed by atoms with E-state index >= 15 is 0 Å². The third-order valence-corrected chi connectivity index (χ3v) is 3.89. The van der Waals surface area contributed by atoms with Crippen LogP contribution in [0.1, 0.15) is 18.4 Å². The van der Waals surface area contributed by atoms with Crippen LogP contribution in [0.4, 0.5) is 5.69 Å². The lowest BCUT2D eigenvalue weighted by atomic mass is 10.2. The lowest BCUT2D eigenvalue weighted by Crippen LogP contribution is -2.20. The molecule has 0 aromatic heterocycles. The van der Waals surface area contributed by atoms with Crippen molar-refractivity contribution in [2.24, 2.45) is 5.10 Å². The zero-order chi connectivity index (χ0) is 19.6. The summed E-state index contributed by atoms with van der Waals surface area (Å²) in [7, 11) is 3.09. The van der Waals surface area contributed by atoms with Gasteiger partial charge in [0, 0.05) is 18.4 Å². The van der Waals surface area contributed by atoms with Crippen molar-refractivity contribution in [2.45, 2.75) is 12.8 Å². The van der Waals surface area contributed by atoms with Gasteiger partial charge in [0.25, 0.3) is 0 Å². The van der Waals surface area contributed by atoms with E-state index in [0.717, 1.165) is 0 Å². The number of para-hydroxylation sites is 1. The van der Waals surface area contributed by atoms with Gasteiger partial charge in [0.15, 0.2) is 0 Å². The van der Waals surface area contributed by atoms with Crippen molar-refractivity contribution in [3.05, 3.63) is 53.1 Å². The number of halogens is 1. The standard InChI is InChI=1S/C19H20ClN3O4/c1-26-14-7-8-17(27-2)13(11-14)12-21-23-19(25)10-9-18(24)22-16-6-4-3-5-15(16)20/h3-8,11-12H,9-10H2,1-2H3,(H,22,24)(H,23,25). The minimum atomic E-state index is -0.387. The first-order valence-corrected chi connectivity index (χ1v) is 8.49. The van der Waals surface area contributed by atoms with Crippen molar-refractivity contribution < 1.29 is 19.1 Å². The van der Waals surface area contributed by atoms with E-state index in [1.165, 1.54) is 13.3 Å². The summed E-state index contributed by atoms with van der Waals surface area (Å²) in [5.74, 6) is 0.534. The fourth-order valence-corrected chi connectivity index (χ4v) is 2.36. The predicted molar refractivity (Wildman–Crippen MR) is 105 cm³/mol. The SMILES string of the molecule is COc1ccc(OC)c(C=NNC(=O)CCC(=O)Nc2ccccc2Cl)c1. The van der Waals surface area contributed by atoms with Gasteiger partial charge in [0.05, 0.1) is 31.1 Å². The molecule has 2 aromatic rings. The molecular formula is C19H20ClN3O4. The molecule has 0 spiro atoms. The van der Waals surface area contributed by atoms with Crippen molar-refractivity contribution in [3.8, 4) is 11.5 Å². The third kappa shape index (κ3) is 6.31. The lowest BCUT2D eigenvalue weighted by molar-refractivity contribution is -0.124. The Labute approximate surface area is 162 Å². The number of hydrazone groups is 1. The van der Waals surface area contributed by atoms with Crippen molar-refractivity contribution in [3.63, 3.8) is 0 Å². The summed E-state index contributed by atoms with van der Waals surface area (Å²) < 4.78 is 10.4. The van der Waals surface area contributed by atoms with Gasteiger partial charge in [-0.05, 0) is 30.3 Å². The normalized spacial score (nSPS) is 10.5. The molecule has 2 rings (SSSR count). The molecule has 0 aliphatic rings. The van der Waals surface area contributed by atoms with Crippen LogP contribution in [0.5, 0.6) is 11.5 Å². The topological polar surface area (TPSA) is 89.0 Å². The maximum absolute atomic E-state index is 11.9. The minimum Gasteiger partial charge on any atom is -0.497 e. The molecule has 0 saturated heterocycles. The minimum absolute atomic E-state index is 0.00899. The zero-order valence-electron chi connectivity index (χ0n) is 15.0. The van der Waals surface area contributed by atoms with Gasteiger partial charge >= 0.3 is 0 Å². The average molecular weight is 390 g/mol. The Hall–Kier alpha value is -3.06. The second-order valence-electron chi connectivity index (χ2n) is 5.43. The Morgan fingerprint density at radius 3 is 2.52 bits per heavy atom.